The van der Waals surface area contributed by atoms with E-state index >= 15 is 0 Å². The van der Waals surface area contributed by atoms with Gasteiger partial charge in [-0.2, -0.15) is 0 Å². The second-order valence-corrected chi connectivity index (χ2v) is 8.13. The molecule has 2 saturated heterocycles. The van der Waals surface area contributed by atoms with E-state index in [0.29, 0.717) is 23.5 Å². The van der Waals surface area contributed by atoms with E-state index in [1.165, 1.54) is 25.1 Å². The molecule has 27 heavy (non-hydrogen) atoms. The molecule has 140 valence electrons. The first kappa shape index (κ1) is 18.0. The Hall–Kier alpha value is -2.38. The number of carbonyl (C=O) groups is 2. The molecule has 4 rings (SSSR count). The third-order valence-corrected chi connectivity index (χ3v) is 5.93. The van der Waals surface area contributed by atoms with Crippen molar-refractivity contribution in [3.63, 3.8) is 0 Å². The van der Waals surface area contributed by atoms with Gasteiger partial charge in [0, 0.05) is 35.5 Å². The Morgan fingerprint density at radius 2 is 1.96 bits per heavy atom. The van der Waals surface area contributed by atoms with E-state index < -0.39 is 0 Å². The van der Waals surface area contributed by atoms with Gasteiger partial charge in [0.25, 0.3) is 5.91 Å². The van der Waals surface area contributed by atoms with Crippen molar-refractivity contribution < 1.29 is 9.59 Å². The van der Waals surface area contributed by atoms with Crippen LogP contribution in [0.4, 0.5) is 5.82 Å². The Kier molecular flexibility index (Phi) is 5.13. The average molecular weight is 382 g/mol. The molecule has 7 heteroatoms. The number of nitrogens with zero attached hydrogens (tertiary/aromatic N) is 1. The van der Waals surface area contributed by atoms with Crippen LogP contribution in [0.3, 0.4) is 0 Å². The Bertz CT molecular complexity index is 855. The number of hydrogen-bond donors (Lipinski definition) is 3. The smallest absolute Gasteiger partial charge is 0.251 e. The van der Waals surface area contributed by atoms with Crippen LogP contribution in [0.15, 0.2) is 52.4 Å². The van der Waals surface area contributed by atoms with Crippen LogP contribution in [0, 0.1) is 0 Å². The fraction of sp³-hybridized carbons (Fsp3) is 0.350. The number of pyridine rings is 1. The van der Waals surface area contributed by atoms with Crippen LogP contribution in [0.25, 0.3) is 0 Å². The zero-order valence-corrected chi connectivity index (χ0v) is 15.9. The van der Waals surface area contributed by atoms with Crippen molar-refractivity contribution in [3.05, 3.63) is 48.0 Å². The average Bonchev–Trinajstić information content (AvgIpc) is 3.25. The van der Waals surface area contributed by atoms with Crippen LogP contribution >= 0.6 is 11.8 Å². The van der Waals surface area contributed by atoms with Gasteiger partial charge in [-0.05, 0) is 55.7 Å². The van der Waals surface area contributed by atoms with Crippen molar-refractivity contribution in [1.29, 1.82) is 0 Å². The van der Waals surface area contributed by atoms with Gasteiger partial charge in [0.15, 0.2) is 0 Å². The molecule has 0 spiro atoms. The number of hydrogen-bond acceptors (Lipinski definition) is 5. The van der Waals surface area contributed by atoms with Crippen molar-refractivity contribution in [3.8, 4) is 0 Å². The van der Waals surface area contributed by atoms with E-state index in [1.54, 1.807) is 6.07 Å². The van der Waals surface area contributed by atoms with Crippen molar-refractivity contribution in [2.45, 2.75) is 54.2 Å². The first-order valence-electron chi connectivity index (χ1n) is 9.16. The van der Waals surface area contributed by atoms with Gasteiger partial charge in [0.2, 0.25) is 5.91 Å². The minimum absolute atomic E-state index is 0.0170. The van der Waals surface area contributed by atoms with Crippen LogP contribution in [0.2, 0.25) is 0 Å². The lowest BCUT2D eigenvalue weighted by atomic mass is 9.95. The summed E-state index contributed by atoms with van der Waals surface area (Å²) in [4.78, 5) is 29.0. The Morgan fingerprint density at radius 1 is 1.15 bits per heavy atom. The minimum Gasteiger partial charge on any atom is -0.348 e. The third-order valence-electron chi connectivity index (χ3n) is 4.98. The molecule has 3 atom stereocenters. The van der Waals surface area contributed by atoms with Crippen LogP contribution in [0.5, 0.6) is 0 Å². The lowest BCUT2D eigenvalue weighted by molar-refractivity contribution is -0.114. The highest BCUT2D eigenvalue weighted by Crippen LogP contribution is 2.29. The summed E-state index contributed by atoms with van der Waals surface area (Å²) in [6.07, 6.45) is 3.40. The number of amides is 2. The van der Waals surface area contributed by atoms with Gasteiger partial charge in [0.05, 0.1) is 0 Å². The monoisotopic (exact) mass is 382 g/mol. The molecule has 3 heterocycles. The molecule has 2 aliphatic heterocycles. The number of fused-ring (bicyclic) bond motifs is 2. The summed E-state index contributed by atoms with van der Waals surface area (Å²) in [6.45, 7) is 1.46. The Morgan fingerprint density at radius 3 is 2.63 bits per heavy atom. The van der Waals surface area contributed by atoms with Crippen LogP contribution in [-0.4, -0.2) is 34.9 Å². The predicted octanol–water partition coefficient (Wildman–Crippen LogP) is 2.81. The topological polar surface area (TPSA) is 83.1 Å². The molecule has 3 N–H and O–H groups in total. The van der Waals surface area contributed by atoms with Crippen molar-refractivity contribution in [2.75, 3.05) is 5.32 Å². The van der Waals surface area contributed by atoms with E-state index in [-0.39, 0.29) is 17.9 Å². The zero-order valence-electron chi connectivity index (χ0n) is 15.1. The number of carbonyl (C=O) groups excluding carboxylic acids is 2. The van der Waals surface area contributed by atoms with E-state index in [0.717, 1.165) is 22.8 Å². The minimum atomic E-state index is -0.148. The number of rotatable bonds is 5. The molecule has 1 aromatic carbocycles. The molecule has 2 fully saturated rings. The fourth-order valence-electron chi connectivity index (χ4n) is 3.75. The van der Waals surface area contributed by atoms with E-state index in [1.807, 2.05) is 36.4 Å². The summed E-state index contributed by atoms with van der Waals surface area (Å²) in [7, 11) is 0. The quantitative estimate of drug-likeness (QED) is 0.741. The lowest BCUT2D eigenvalue weighted by Crippen LogP contribution is -2.42. The molecule has 2 amide bonds. The maximum Gasteiger partial charge on any atom is 0.251 e. The van der Waals surface area contributed by atoms with Crippen LogP contribution < -0.4 is 16.0 Å². The highest BCUT2D eigenvalue weighted by Gasteiger charge is 2.39. The van der Waals surface area contributed by atoms with Gasteiger partial charge in [-0.25, -0.2) is 4.98 Å². The number of anilines is 1. The standard InChI is InChI=1S/C20H22N4O2S/c1-12(25)21-18-3-2-4-19(24-18)27-15-8-5-13(6-9-15)20(26)23-17-11-14-7-10-16(17)22-14/h2-6,8-9,14,16-17,22H,7,10-11H2,1H3,(H,23,26)(H,21,24,25). The summed E-state index contributed by atoms with van der Waals surface area (Å²) >= 11 is 1.49. The third kappa shape index (κ3) is 4.31. The Balaban J connectivity index is 1.37. The molecule has 1 aromatic heterocycles. The summed E-state index contributed by atoms with van der Waals surface area (Å²) in [5, 5.41) is 10.2. The van der Waals surface area contributed by atoms with Gasteiger partial charge in [-0.1, -0.05) is 17.8 Å². The molecule has 0 radical (unpaired) electrons. The highest BCUT2D eigenvalue weighted by atomic mass is 32.2. The predicted molar refractivity (Wildman–Crippen MR) is 105 cm³/mol. The first-order chi connectivity index (χ1) is 13.1. The summed E-state index contributed by atoms with van der Waals surface area (Å²) < 4.78 is 0. The van der Waals surface area contributed by atoms with Crippen molar-refractivity contribution >= 4 is 29.4 Å². The lowest BCUT2D eigenvalue weighted by Gasteiger charge is -2.21. The maximum absolute atomic E-state index is 12.5. The molecule has 2 bridgehead atoms. The zero-order chi connectivity index (χ0) is 18.8. The Labute approximate surface area is 162 Å². The van der Waals surface area contributed by atoms with E-state index in [2.05, 4.69) is 20.9 Å². The second-order valence-electron chi connectivity index (χ2n) is 7.03. The summed E-state index contributed by atoms with van der Waals surface area (Å²) in [5.74, 6) is 0.366. The van der Waals surface area contributed by atoms with Crippen molar-refractivity contribution in [2.24, 2.45) is 0 Å². The van der Waals surface area contributed by atoms with Gasteiger partial charge < -0.3 is 16.0 Å². The first-order valence-corrected chi connectivity index (χ1v) is 9.98. The molecule has 3 unspecified atom stereocenters. The molecule has 0 aliphatic carbocycles. The molecule has 2 aliphatic rings. The maximum atomic E-state index is 12.5. The number of benzene rings is 1. The molecule has 6 nitrogen and oxygen atoms in total. The summed E-state index contributed by atoms with van der Waals surface area (Å²) in [6, 6.07) is 14.3. The van der Waals surface area contributed by atoms with Gasteiger partial charge in [-0.15, -0.1) is 0 Å². The number of aromatic nitrogens is 1. The van der Waals surface area contributed by atoms with Gasteiger partial charge in [0.1, 0.15) is 10.8 Å². The SMILES string of the molecule is CC(=O)Nc1cccc(Sc2ccc(C(=O)NC3CC4CCC3N4)cc2)n1. The van der Waals surface area contributed by atoms with Crippen molar-refractivity contribution in [1.82, 2.24) is 15.6 Å². The van der Waals surface area contributed by atoms with Gasteiger partial charge in [-0.3, -0.25) is 9.59 Å². The molecular weight excluding hydrogens is 360 g/mol. The van der Waals surface area contributed by atoms with Crippen LogP contribution in [-0.2, 0) is 4.79 Å². The van der Waals surface area contributed by atoms with Crippen LogP contribution in [0.1, 0.15) is 36.5 Å². The largest absolute Gasteiger partial charge is 0.348 e. The number of nitrogens with one attached hydrogen (secondary N) is 3. The molecule has 0 saturated carbocycles. The normalized spacial score (nSPS) is 23.2. The molecular formula is C20H22N4O2S. The van der Waals surface area contributed by atoms with E-state index in [4.69, 9.17) is 0 Å². The summed E-state index contributed by atoms with van der Waals surface area (Å²) in [5.41, 5.74) is 0.669. The molecule has 2 aromatic rings. The van der Waals surface area contributed by atoms with Gasteiger partial charge >= 0.3 is 0 Å². The second kappa shape index (κ2) is 7.70. The highest BCUT2D eigenvalue weighted by molar-refractivity contribution is 7.99. The fourth-order valence-corrected chi connectivity index (χ4v) is 4.56. The van der Waals surface area contributed by atoms with E-state index in [9.17, 15) is 9.59 Å².